The molecule has 0 aromatic heterocycles. The highest BCUT2D eigenvalue weighted by Gasteiger charge is 2.72. The van der Waals surface area contributed by atoms with E-state index in [1.165, 1.54) is 0 Å². The predicted octanol–water partition coefficient (Wildman–Crippen LogP) is 2.77. The molecule has 0 radical (unpaired) electrons. The van der Waals surface area contributed by atoms with Crippen LogP contribution < -0.4 is 0 Å². The number of carbonyl (C=O) groups excluding carboxylic acids is 2. The number of rotatable bonds is 0. The third-order valence-electron chi connectivity index (χ3n) is 5.78. The van der Waals surface area contributed by atoms with Gasteiger partial charge in [-0.25, -0.2) is 0 Å². The fraction of sp³-hybridized carbons (Fsp3) is 0.733. The van der Waals surface area contributed by atoms with E-state index in [1.54, 1.807) is 6.08 Å². The Morgan fingerprint density at radius 1 is 1.24 bits per heavy atom. The standard InChI is InChI=1S/C15H20O2/c1-8-5-6-10(16)9-7-11(17)12-13(14(12,2)3)15(8,9)4/h7-8,12-13H,5-6H2,1-4H3/t8-,12-,13+,15+/m0/s1. The van der Waals surface area contributed by atoms with E-state index < -0.39 is 0 Å². The van der Waals surface area contributed by atoms with E-state index in [4.69, 9.17) is 0 Å². The molecule has 4 atom stereocenters. The minimum Gasteiger partial charge on any atom is -0.295 e. The van der Waals surface area contributed by atoms with Crippen molar-refractivity contribution >= 4 is 11.6 Å². The highest BCUT2D eigenvalue weighted by atomic mass is 16.1. The average molecular weight is 232 g/mol. The van der Waals surface area contributed by atoms with Crippen LogP contribution in [0.2, 0.25) is 0 Å². The van der Waals surface area contributed by atoms with E-state index in [2.05, 4.69) is 27.7 Å². The minimum atomic E-state index is -0.0581. The molecule has 0 heterocycles. The van der Waals surface area contributed by atoms with Gasteiger partial charge in [0.15, 0.2) is 11.6 Å². The molecule has 0 unspecified atom stereocenters. The summed E-state index contributed by atoms with van der Waals surface area (Å²) in [5, 5.41) is 0. The first-order chi connectivity index (χ1) is 7.81. The number of hydrogen-bond donors (Lipinski definition) is 0. The lowest BCUT2D eigenvalue weighted by Gasteiger charge is -2.44. The van der Waals surface area contributed by atoms with Crippen LogP contribution in [0.4, 0.5) is 0 Å². The number of allylic oxidation sites excluding steroid dienone is 2. The molecule has 0 amide bonds. The van der Waals surface area contributed by atoms with Gasteiger partial charge in [-0.05, 0) is 29.7 Å². The number of hydrogen-bond acceptors (Lipinski definition) is 2. The number of Topliss-reactive ketones (excluding diaryl/α,β-unsaturated/α-hetero) is 1. The highest BCUT2D eigenvalue weighted by molar-refractivity contribution is 6.08. The smallest absolute Gasteiger partial charge is 0.160 e. The zero-order valence-corrected chi connectivity index (χ0v) is 11.0. The molecule has 0 saturated heterocycles. The van der Waals surface area contributed by atoms with E-state index in [0.717, 1.165) is 12.0 Å². The zero-order valence-electron chi connectivity index (χ0n) is 11.0. The van der Waals surface area contributed by atoms with Gasteiger partial charge in [-0.2, -0.15) is 0 Å². The summed E-state index contributed by atoms with van der Waals surface area (Å²) < 4.78 is 0. The maximum absolute atomic E-state index is 12.1. The van der Waals surface area contributed by atoms with E-state index in [-0.39, 0.29) is 28.3 Å². The number of carbonyl (C=O) groups is 2. The van der Waals surface area contributed by atoms with Gasteiger partial charge in [0, 0.05) is 23.3 Å². The Balaban J connectivity index is 2.15. The van der Waals surface area contributed by atoms with Crippen LogP contribution in [0.5, 0.6) is 0 Å². The van der Waals surface area contributed by atoms with Crippen LogP contribution in [0, 0.1) is 28.6 Å². The summed E-state index contributed by atoms with van der Waals surface area (Å²) in [6.07, 6.45) is 3.27. The lowest BCUT2D eigenvalue weighted by Crippen LogP contribution is -2.41. The summed E-state index contributed by atoms with van der Waals surface area (Å²) in [6, 6.07) is 0. The predicted molar refractivity (Wildman–Crippen MR) is 65.4 cm³/mol. The molecule has 2 fully saturated rings. The van der Waals surface area contributed by atoms with Gasteiger partial charge in [0.1, 0.15) is 0 Å². The molecule has 3 aliphatic carbocycles. The van der Waals surface area contributed by atoms with Crippen LogP contribution in [0.1, 0.15) is 40.5 Å². The third kappa shape index (κ3) is 1.12. The Morgan fingerprint density at radius 2 is 1.88 bits per heavy atom. The molecule has 0 N–H and O–H groups in total. The second-order valence-electron chi connectivity index (χ2n) is 6.88. The molecule has 3 rings (SSSR count). The second-order valence-corrected chi connectivity index (χ2v) is 6.88. The first kappa shape index (κ1) is 11.2. The summed E-state index contributed by atoms with van der Waals surface area (Å²) in [5.41, 5.74) is 0.848. The molecule has 2 nitrogen and oxygen atoms in total. The highest BCUT2D eigenvalue weighted by Crippen LogP contribution is 2.72. The van der Waals surface area contributed by atoms with Gasteiger partial charge in [-0.15, -0.1) is 0 Å². The summed E-state index contributed by atoms with van der Waals surface area (Å²) >= 11 is 0. The summed E-state index contributed by atoms with van der Waals surface area (Å²) in [4.78, 5) is 24.2. The molecule has 0 aliphatic heterocycles. The maximum atomic E-state index is 12.1. The van der Waals surface area contributed by atoms with E-state index in [0.29, 0.717) is 18.3 Å². The van der Waals surface area contributed by atoms with Gasteiger partial charge >= 0.3 is 0 Å². The molecule has 17 heavy (non-hydrogen) atoms. The van der Waals surface area contributed by atoms with Crippen molar-refractivity contribution in [3.05, 3.63) is 11.6 Å². The Labute approximate surface area is 102 Å². The Hall–Kier alpha value is -0.920. The van der Waals surface area contributed by atoms with Crippen molar-refractivity contribution in [2.75, 3.05) is 0 Å². The fourth-order valence-electron chi connectivity index (χ4n) is 4.58. The third-order valence-corrected chi connectivity index (χ3v) is 5.78. The van der Waals surface area contributed by atoms with Crippen molar-refractivity contribution in [2.45, 2.75) is 40.5 Å². The Kier molecular flexibility index (Phi) is 1.91. The van der Waals surface area contributed by atoms with Crippen LogP contribution in [0.15, 0.2) is 11.6 Å². The average Bonchev–Trinajstić information content (AvgIpc) is 2.83. The quantitative estimate of drug-likeness (QED) is 0.643. The topological polar surface area (TPSA) is 34.1 Å². The van der Waals surface area contributed by atoms with Crippen molar-refractivity contribution < 1.29 is 9.59 Å². The van der Waals surface area contributed by atoms with Gasteiger partial charge in [-0.3, -0.25) is 9.59 Å². The lowest BCUT2D eigenvalue weighted by molar-refractivity contribution is -0.123. The maximum Gasteiger partial charge on any atom is 0.160 e. The van der Waals surface area contributed by atoms with Crippen molar-refractivity contribution in [2.24, 2.45) is 28.6 Å². The van der Waals surface area contributed by atoms with E-state index in [1.807, 2.05) is 0 Å². The number of ketones is 2. The van der Waals surface area contributed by atoms with Crippen molar-refractivity contribution in [1.29, 1.82) is 0 Å². The Bertz CT molecular complexity index is 458. The van der Waals surface area contributed by atoms with Crippen LogP contribution in [-0.4, -0.2) is 11.6 Å². The van der Waals surface area contributed by atoms with E-state index >= 15 is 0 Å². The van der Waals surface area contributed by atoms with Crippen molar-refractivity contribution in [1.82, 2.24) is 0 Å². The van der Waals surface area contributed by atoms with Crippen molar-refractivity contribution in [3.8, 4) is 0 Å². The van der Waals surface area contributed by atoms with Gasteiger partial charge in [-0.1, -0.05) is 27.7 Å². The molecule has 3 aliphatic rings. The molecule has 0 bridgehead atoms. The summed E-state index contributed by atoms with van der Waals surface area (Å²) in [5.74, 6) is 1.44. The van der Waals surface area contributed by atoms with Gasteiger partial charge in [0.05, 0.1) is 0 Å². The molecule has 2 saturated carbocycles. The SMILES string of the molecule is C[C@H]1CCC(=O)C2=CC(=O)[C@H]3[C@H](C3(C)C)[C@@]21C. The molecule has 0 aromatic rings. The lowest BCUT2D eigenvalue weighted by atomic mass is 9.59. The second kappa shape index (κ2) is 2.90. The van der Waals surface area contributed by atoms with Crippen LogP contribution in [0.25, 0.3) is 0 Å². The van der Waals surface area contributed by atoms with E-state index in [9.17, 15) is 9.59 Å². The summed E-state index contributed by atoms with van der Waals surface area (Å²) in [6.45, 7) is 8.79. The van der Waals surface area contributed by atoms with Crippen LogP contribution >= 0.6 is 0 Å². The molecular formula is C15H20O2. The van der Waals surface area contributed by atoms with Crippen LogP contribution in [-0.2, 0) is 9.59 Å². The van der Waals surface area contributed by atoms with Gasteiger partial charge in [0.2, 0.25) is 0 Å². The van der Waals surface area contributed by atoms with Gasteiger partial charge < -0.3 is 0 Å². The van der Waals surface area contributed by atoms with Crippen molar-refractivity contribution in [3.63, 3.8) is 0 Å². The molecule has 92 valence electrons. The van der Waals surface area contributed by atoms with Gasteiger partial charge in [0.25, 0.3) is 0 Å². The minimum absolute atomic E-state index is 0.0581. The largest absolute Gasteiger partial charge is 0.295 e. The first-order valence-corrected chi connectivity index (χ1v) is 6.60. The fourth-order valence-corrected chi connectivity index (χ4v) is 4.58. The monoisotopic (exact) mass is 232 g/mol. The summed E-state index contributed by atoms with van der Waals surface area (Å²) in [7, 11) is 0. The normalized spacial score (nSPS) is 47.1. The first-order valence-electron chi connectivity index (χ1n) is 6.60. The van der Waals surface area contributed by atoms with Crippen LogP contribution in [0.3, 0.4) is 0 Å². The number of fused-ring (bicyclic) bond motifs is 3. The Morgan fingerprint density at radius 3 is 2.53 bits per heavy atom. The molecule has 2 heteroatoms. The molecule has 0 aromatic carbocycles. The molecule has 0 spiro atoms. The molecular weight excluding hydrogens is 212 g/mol. The zero-order chi connectivity index (χ0) is 12.6.